The fourth-order valence-electron chi connectivity index (χ4n) is 2.68. The fourth-order valence-corrected chi connectivity index (χ4v) is 3.59. The van der Waals surface area contributed by atoms with Crippen LogP contribution in [0.15, 0.2) is 29.6 Å². The lowest BCUT2D eigenvalue weighted by Gasteiger charge is -2.12. The van der Waals surface area contributed by atoms with Gasteiger partial charge in [-0.25, -0.2) is 4.98 Å². The van der Waals surface area contributed by atoms with Gasteiger partial charge in [0, 0.05) is 37.1 Å². The standard InChI is InChI=1S/C17H22N4OS/c18-14-5-3-13(4-6-14)11-16(22)19-8-7-15-12-23-17(20-15)21-9-1-2-10-21/h3-6,12H,1-2,7-11,18H2,(H,19,22). The molecule has 0 atom stereocenters. The van der Waals surface area contributed by atoms with Crippen LogP contribution in [0.1, 0.15) is 24.1 Å². The highest BCUT2D eigenvalue weighted by atomic mass is 32.1. The van der Waals surface area contributed by atoms with E-state index in [2.05, 4.69) is 20.6 Å². The Morgan fingerprint density at radius 1 is 1.26 bits per heavy atom. The van der Waals surface area contributed by atoms with Crippen molar-refractivity contribution in [3.63, 3.8) is 0 Å². The summed E-state index contributed by atoms with van der Waals surface area (Å²) in [5, 5.41) is 6.17. The molecule has 1 aromatic heterocycles. The van der Waals surface area contributed by atoms with Crippen molar-refractivity contribution in [2.24, 2.45) is 0 Å². The van der Waals surface area contributed by atoms with Crippen LogP contribution in [-0.2, 0) is 17.6 Å². The van der Waals surface area contributed by atoms with Crippen molar-refractivity contribution in [3.8, 4) is 0 Å². The monoisotopic (exact) mass is 330 g/mol. The Bertz CT molecular complexity index is 647. The van der Waals surface area contributed by atoms with Crippen LogP contribution in [0.3, 0.4) is 0 Å². The number of carbonyl (C=O) groups is 1. The van der Waals surface area contributed by atoms with Crippen molar-refractivity contribution in [1.29, 1.82) is 0 Å². The van der Waals surface area contributed by atoms with Gasteiger partial charge in [0.25, 0.3) is 0 Å². The third-order valence-corrected chi connectivity index (χ3v) is 4.91. The zero-order valence-electron chi connectivity index (χ0n) is 13.1. The zero-order valence-corrected chi connectivity index (χ0v) is 13.9. The molecule has 0 spiro atoms. The Morgan fingerprint density at radius 2 is 2.00 bits per heavy atom. The lowest BCUT2D eigenvalue weighted by molar-refractivity contribution is -0.120. The van der Waals surface area contributed by atoms with Crippen molar-refractivity contribution >= 4 is 28.1 Å². The highest BCUT2D eigenvalue weighted by Crippen LogP contribution is 2.24. The molecule has 0 aliphatic carbocycles. The number of nitrogens with zero attached hydrogens (tertiary/aromatic N) is 2. The Balaban J connectivity index is 1.42. The second-order valence-electron chi connectivity index (χ2n) is 5.83. The van der Waals surface area contributed by atoms with Gasteiger partial charge in [-0.3, -0.25) is 4.79 Å². The SMILES string of the molecule is Nc1ccc(CC(=O)NCCc2csc(N3CCCC3)n2)cc1. The molecule has 0 saturated carbocycles. The number of amides is 1. The predicted molar refractivity (Wildman–Crippen MR) is 94.8 cm³/mol. The minimum atomic E-state index is 0.0322. The first-order chi connectivity index (χ1) is 11.2. The summed E-state index contributed by atoms with van der Waals surface area (Å²) in [6.07, 6.45) is 3.68. The number of carbonyl (C=O) groups excluding carboxylic acids is 1. The molecule has 0 bridgehead atoms. The summed E-state index contributed by atoms with van der Waals surface area (Å²) in [7, 11) is 0. The van der Waals surface area contributed by atoms with Crippen LogP contribution in [0.5, 0.6) is 0 Å². The van der Waals surface area contributed by atoms with E-state index in [1.54, 1.807) is 11.3 Å². The van der Waals surface area contributed by atoms with Crippen molar-refractivity contribution in [3.05, 3.63) is 40.9 Å². The van der Waals surface area contributed by atoms with Gasteiger partial charge in [-0.15, -0.1) is 11.3 Å². The number of hydrogen-bond donors (Lipinski definition) is 2. The molecule has 23 heavy (non-hydrogen) atoms. The summed E-state index contributed by atoms with van der Waals surface area (Å²) < 4.78 is 0. The van der Waals surface area contributed by atoms with Crippen LogP contribution in [0.2, 0.25) is 0 Å². The quantitative estimate of drug-likeness (QED) is 0.797. The predicted octanol–water partition coefficient (Wildman–Crippen LogP) is 2.23. The van der Waals surface area contributed by atoms with Crippen LogP contribution in [0.25, 0.3) is 0 Å². The van der Waals surface area contributed by atoms with Crippen LogP contribution in [-0.4, -0.2) is 30.5 Å². The third-order valence-electron chi connectivity index (χ3n) is 3.96. The Kier molecular flexibility index (Phi) is 5.12. The average Bonchev–Trinajstić information content (AvgIpc) is 3.20. The van der Waals surface area contributed by atoms with Crippen LogP contribution >= 0.6 is 11.3 Å². The molecule has 1 aliphatic rings. The molecular formula is C17H22N4OS. The van der Waals surface area contributed by atoms with E-state index < -0.39 is 0 Å². The lowest BCUT2D eigenvalue weighted by Crippen LogP contribution is -2.27. The molecule has 3 N–H and O–H groups in total. The maximum absolute atomic E-state index is 11.9. The number of thiazole rings is 1. The van der Waals surface area contributed by atoms with Gasteiger partial charge in [-0.05, 0) is 30.5 Å². The van der Waals surface area contributed by atoms with Gasteiger partial charge in [0.05, 0.1) is 12.1 Å². The highest BCUT2D eigenvalue weighted by molar-refractivity contribution is 7.13. The van der Waals surface area contributed by atoms with E-state index >= 15 is 0 Å². The average molecular weight is 330 g/mol. The van der Waals surface area contributed by atoms with Crippen molar-refractivity contribution in [2.75, 3.05) is 30.3 Å². The van der Waals surface area contributed by atoms with Gasteiger partial charge < -0.3 is 16.0 Å². The summed E-state index contributed by atoms with van der Waals surface area (Å²) in [6.45, 7) is 2.85. The van der Waals surface area contributed by atoms with Gasteiger partial charge in [0.1, 0.15) is 0 Å². The van der Waals surface area contributed by atoms with Gasteiger partial charge >= 0.3 is 0 Å². The number of anilines is 2. The summed E-state index contributed by atoms with van der Waals surface area (Å²) in [5.41, 5.74) is 8.39. The van der Waals surface area contributed by atoms with E-state index in [0.717, 1.165) is 35.9 Å². The molecule has 1 amide bonds. The van der Waals surface area contributed by atoms with Crippen molar-refractivity contribution < 1.29 is 4.79 Å². The van der Waals surface area contributed by atoms with Crippen LogP contribution < -0.4 is 16.0 Å². The first-order valence-corrected chi connectivity index (χ1v) is 8.89. The van der Waals surface area contributed by atoms with E-state index in [4.69, 9.17) is 5.73 Å². The molecule has 0 unspecified atom stereocenters. The molecule has 2 heterocycles. The van der Waals surface area contributed by atoms with Gasteiger partial charge in [0.15, 0.2) is 5.13 Å². The normalized spacial score (nSPS) is 14.2. The molecule has 1 aliphatic heterocycles. The Labute approximate surface area is 140 Å². The van der Waals surface area contributed by atoms with E-state index in [-0.39, 0.29) is 5.91 Å². The first kappa shape index (κ1) is 15.8. The van der Waals surface area contributed by atoms with Gasteiger partial charge in [0.2, 0.25) is 5.91 Å². The smallest absolute Gasteiger partial charge is 0.224 e. The van der Waals surface area contributed by atoms with Crippen LogP contribution in [0, 0.1) is 0 Å². The van der Waals surface area contributed by atoms with Gasteiger partial charge in [-0.2, -0.15) is 0 Å². The van der Waals surface area contributed by atoms with Crippen molar-refractivity contribution in [1.82, 2.24) is 10.3 Å². The number of rotatable bonds is 6. The number of nitrogens with two attached hydrogens (primary N) is 1. The molecule has 3 rings (SSSR count). The largest absolute Gasteiger partial charge is 0.399 e. The Morgan fingerprint density at radius 3 is 2.74 bits per heavy atom. The molecule has 1 saturated heterocycles. The molecule has 0 radical (unpaired) electrons. The summed E-state index contributed by atoms with van der Waals surface area (Å²) in [5.74, 6) is 0.0322. The van der Waals surface area contributed by atoms with E-state index in [1.165, 1.54) is 12.8 Å². The molecule has 2 aromatic rings. The maximum atomic E-state index is 11.9. The van der Waals surface area contributed by atoms with Gasteiger partial charge in [-0.1, -0.05) is 12.1 Å². The topological polar surface area (TPSA) is 71.2 Å². The molecule has 1 aromatic carbocycles. The summed E-state index contributed by atoms with van der Waals surface area (Å²) in [6, 6.07) is 7.41. The molecule has 1 fully saturated rings. The molecular weight excluding hydrogens is 308 g/mol. The number of nitrogen functional groups attached to an aromatic ring is 1. The maximum Gasteiger partial charge on any atom is 0.224 e. The second kappa shape index (κ2) is 7.46. The van der Waals surface area contributed by atoms with E-state index in [1.807, 2.05) is 24.3 Å². The minimum Gasteiger partial charge on any atom is -0.399 e. The Hall–Kier alpha value is -2.08. The minimum absolute atomic E-state index is 0.0322. The van der Waals surface area contributed by atoms with E-state index in [9.17, 15) is 4.79 Å². The second-order valence-corrected chi connectivity index (χ2v) is 6.67. The summed E-state index contributed by atoms with van der Waals surface area (Å²) in [4.78, 5) is 18.9. The lowest BCUT2D eigenvalue weighted by atomic mass is 10.1. The number of hydrogen-bond acceptors (Lipinski definition) is 5. The highest BCUT2D eigenvalue weighted by Gasteiger charge is 2.15. The fraction of sp³-hybridized carbons (Fsp3) is 0.412. The van der Waals surface area contributed by atoms with E-state index in [0.29, 0.717) is 18.7 Å². The third kappa shape index (κ3) is 4.45. The number of benzene rings is 1. The molecule has 6 heteroatoms. The van der Waals surface area contributed by atoms with Crippen LogP contribution in [0.4, 0.5) is 10.8 Å². The van der Waals surface area contributed by atoms with Crippen molar-refractivity contribution in [2.45, 2.75) is 25.7 Å². The number of aromatic nitrogens is 1. The molecule has 5 nitrogen and oxygen atoms in total. The summed E-state index contributed by atoms with van der Waals surface area (Å²) >= 11 is 1.70. The number of nitrogens with one attached hydrogen (secondary N) is 1. The molecule has 122 valence electrons. The first-order valence-electron chi connectivity index (χ1n) is 8.01. The zero-order chi connectivity index (χ0) is 16.1.